The Balaban J connectivity index is 1.16. The molecule has 146 valence electrons. The zero-order valence-corrected chi connectivity index (χ0v) is 16.3. The molecule has 0 saturated carbocycles. The number of amides is 3. The lowest BCUT2D eigenvalue weighted by atomic mass is 10.2. The van der Waals surface area contributed by atoms with Crippen LogP contribution in [0.15, 0.2) is 24.3 Å². The number of hydrogen-bond acceptors (Lipinski definition) is 4. The lowest BCUT2D eigenvalue weighted by Gasteiger charge is -2.36. The van der Waals surface area contributed by atoms with Crippen molar-refractivity contribution >= 4 is 17.6 Å². The van der Waals surface area contributed by atoms with Gasteiger partial charge in [0.25, 0.3) is 5.91 Å². The molecule has 1 aromatic carbocycles. The molecule has 0 aliphatic carbocycles. The second-order valence-electron chi connectivity index (χ2n) is 8.00. The number of aryl methyl sites for hydroxylation is 1. The number of hydrogen-bond donors (Lipinski definition) is 0. The predicted octanol–water partition coefficient (Wildman–Crippen LogP) is 2.32. The van der Waals surface area contributed by atoms with E-state index < -0.39 is 0 Å². The number of nitrogens with zero attached hydrogens (tertiary/aromatic N) is 4. The fourth-order valence-electron chi connectivity index (χ4n) is 4.48. The van der Waals surface area contributed by atoms with Crippen molar-refractivity contribution in [2.24, 2.45) is 0 Å². The van der Waals surface area contributed by atoms with E-state index in [0.717, 1.165) is 65.0 Å². The number of anilines is 1. The van der Waals surface area contributed by atoms with Crippen LogP contribution in [0, 0.1) is 6.92 Å². The first-order chi connectivity index (χ1) is 13.1. The Morgan fingerprint density at radius 3 is 2.33 bits per heavy atom. The van der Waals surface area contributed by atoms with Gasteiger partial charge in [0.15, 0.2) is 0 Å². The summed E-state index contributed by atoms with van der Waals surface area (Å²) in [5, 5.41) is 0. The predicted molar refractivity (Wildman–Crippen MR) is 106 cm³/mol. The molecule has 3 aliphatic rings. The summed E-state index contributed by atoms with van der Waals surface area (Å²) in [5.74, 6) is 0.0317. The van der Waals surface area contributed by atoms with Crippen LogP contribution in [0.3, 0.4) is 0 Å². The summed E-state index contributed by atoms with van der Waals surface area (Å²) in [6.07, 6.45) is 3.74. The van der Waals surface area contributed by atoms with Gasteiger partial charge in [-0.3, -0.25) is 14.6 Å². The second kappa shape index (κ2) is 7.89. The molecule has 6 nitrogen and oxygen atoms in total. The number of carbonyl (C=O) groups is 2. The molecule has 6 heteroatoms. The third-order valence-corrected chi connectivity index (χ3v) is 6.16. The van der Waals surface area contributed by atoms with Crippen LogP contribution in [0.1, 0.15) is 31.2 Å². The second-order valence-corrected chi connectivity index (χ2v) is 8.00. The molecule has 0 radical (unpaired) electrons. The van der Waals surface area contributed by atoms with E-state index in [1.54, 1.807) is 4.90 Å². The van der Waals surface area contributed by atoms with Crippen molar-refractivity contribution in [1.82, 2.24) is 14.7 Å². The van der Waals surface area contributed by atoms with Crippen molar-refractivity contribution in [2.75, 3.05) is 50.7 Å². The van der Waals surface area contributed by atoms with E-state index in [2.05, 4.69) is 41.0 Å². The molecule has 3 heterocycles. The van der Waals surface area contributed by atoms with Gasteiger partial charge in [0.2, 0.25) is 0 Å². The molecule has 3 saturated heterocycles. The zero-order valence-electron chi connectivity index (χ0n) is 16.3. The van der Waals surface area contributed by atoms with Crippen LogP contribution in [0.25, 0.3) is 0 Å². The Morgan fingerprint density at radius 1 is 0.926 bits per heavy atom. The van der Waals surface area contributed by atoms with Crippen molar-refractivity contribution in [2.45, 2.75) is 38.6 Å². The van der Waals surface area contributed by atoms with E-state index in [4.69, 9.17) is 0 Å². The number of imide groups is 1. The van der Waals surface area contributed by atoms with Crippen LogP contribution in [0.4, 0.5) is 10.5 Å². The number of benzene rings is 1. The summed E-state index contributed by atoms with van der Waals surface area (Å²) >= 11 is 0. The van der Waals surface area contributed by atoms with Gasteiger partial charge in [-0.15, -0.1) is 0 Å². The molecule has 0 aromatic heterocycles. The van der Waals surface area contributed by atoms with Gasteiger partial charge in [-0.05, 0) is 51.3 Å². The van der Waals surface area contributed by atoms with E-state index in [0.29, 0.717) is 6.54 Å². The molecule has 1 unspecified atom stereocenters. The topological polar surface area (TPSA) is 47.1 Å². The first-order valence-corrected chi connectivity index (χ1v) is 10.3. The van der Waals surface area contributed by atoms with Gasteiger partial charge in [-0.1, -0.05) is 17.7 Å². The minimum absolute atomic E-state index is 0.0317. The lowest BCUT2D eigenvalue weighted by Crippen LogP contribution is -2.46. The number of carbonyl (C=O) groups excluding carboxylic acids is 2. The molecular weight excluding hydrogens is 340 g/mol. The highest BCUT2D eigenvalue weighted by atomic mass is 16.2. The van der Waals surface area contributed by atoms with Crippen LogP contribution >= 0.6 is 0 Å². The lowest BCUT2D eigenvalue weighted by molar-refractivity contribution is -0.128. The number of rotatable bonds is 6. The van der Waals surface area contributed by atoms with Gasteiger partial charge < -0.3 is 9.80 Å². The molecule has 27 heavy (non-hydrogen) atoms. The van der Waals surface area contributed by atoms with Crippen molar-refractivity contribution in [3.63, 3.8) is 0 Å². The molecule has 4 rings (SSSR count). The quantitative estimate of drug-likeness (QED) is 0.570. The van der Waals surface area contributed by atoms with Gasteiger partial charge in [0, 0.05) is 45.0 Å². The SMILES string of the molecule is Cc1ccc(N2CCN(CCCCN3C(=O)C4CCCN4C3=O)CC2)cc1. The van der Waals surface area contributed by atoms with Crippen molar-refractivity contribution < 1.29 is 9.59 Å². The minimum atomic E-state index is -0.160. The van der Waals surface area contributed by atoms with Crippen LogP contribution in [-0.4, -0.2) is 78.5 Å². The fourth-order valence-corrected chi connectivity index (χ4v) is 4.48. The summed E-state index contributed by atoms with van der Waals surface area (Å²) in [4.78, 5) is 32.8. The van der Waals surface area contributed by atoms with E-state index in [-0.39, 0.29) is 18.0 Å². The Kier molecular flexibility index (Phi) is 5.34. The highest BCUT2D eigenvalue weighted by molar-refractivity contribution is 6.04. The average Bonchev–Trinajstić information content (AvgIpc) is 3.25. The normalized spacial score (nSPS) is 23.4. The van der Waals surface area contributed by atoms with E-state index >= 15 is 0 Å². The van der Waals surface area contributed by atoms with E-state index in [1.165, 1.54) is 16.2 Å². The number of piperazine rings is 1. The third kappa shape index (κ3) is 3.81. The Hall–Kier alpha value is -2.08. The monoisotopic (exact) mass is 370 g/mol. The minimum Gasteiger partial charge on any atom is -0.369 e. The Bertz CT molecular complexity index is 660. The summed E-state index contributed by atoms with van der Waals surface area (Å²) in [7, 11) is 0. The smallest absolute Gasteiger partial charge is 0.327 e. The Labute approximate surface area is 161 Å². The molecule has 3 fully saturated rings. The van der Waals surface area contributed by atoms with Gasteiger partial charge in [-0.2, -0.15) is 0 Å². The maximum atomic E-state index is 12.3. The van der Waals surface area contributed by atoms with Crippen LogP contribution in [0.2, 0.25) is 0 Å². The van der Waals surface area contributed by atoms with Gasteiger partial charge in [0.05, 0.1) is 0 Å². The highest BCUT2D eigenvalue weighted by Crippen LogP contribution is 2.27. The molecule has 1 atom stereocenters. The highest BCUT2D eigenvalue weighted by Gasteiger charge is 2.46. The Morgan fingerprint density at radius 2 is 1.63 bits per heavy atom. The molecule has 0 bridgehead atoms. The third-order valence-electron chi connectivity index (χ3n) is 6.16. The first kappa shape index (κ1) is 18.3. The summed E-state index contributed by atoms with van der Waals surface area (Å²) in [6.45, 7) is 8.76. The standard InChI is InChI=1S/C21H30N4O2/c1-17-6-8-18(9-7-17)23-15-13-22(14-16-23)10-2-3-11-25-20(26)19-5-4-12-24(19)21(25)27/h6-9,19H,2-5,10-16H2,1H3. The summed E-state index contributed by atoms with van der Waals surface area (Å²) in [5.41, 5.74) is 2.61. The molecule has 0 N–H and O–H groups in total. The number of fused-ring (bicyclic) bond motifs is 1. The van der Waals surface area contributed by atoms with Crippen LogP contribution in [0.5, 0.6) is 0 Å². The molecule has 1 aromatic rings. The first-order valence-electron chi connectivity index (χ1n) is 10.3. The zero-order chi connectivity index (χ0) is 18.8. The van der Waals surface area contributed by atoms with Crippen molar-refractivity contribution in [3.8, 4) is 0 Å². The van der Waals surface area contributed by atoms with Gasteiger partial charge >= 0.3 is 6.03 Å². The molecular formula is C21H30N4O2. The van der Waals surface area contributed by atoms with E-state index in [9.17, 15) is 9.59 Å². The molecule has 0 spiro atoms. The molecule has 3 aliphatic heterocycles. The largest absolute Gasteiger partial charge is 0.369 e. The van der Waals surface area contributed by atoms with Crippen LogP contribution < -0.4 is 4.90 Å². The summed E-state index contributed by atoms with van der Waals surface area (Å²) in [6, 6.07) is 8.54. The van der Waals surface area contributed by atoms with Gasteiger partial charge in [0.1, 0.15) is 6.04 Å². The molecule has 3 amide bonds. The van der Waals surface area contributed by atoms with Crippen molar-refractivity contribution in [1.29, 1.82) is 0 Å². The average molecular weight is 370 g/mol. The van der Waals surface area contributed by atoms with Crippen LogP contribution in [-0.2, 0) is 4.79 Å². The van der Waals surface area contributed by atoms with E-state index in [1.807, 2.05) is 0 Å². The number of urea groups is 1. The maximum Gasteiger partial charge on any atom is 0.327 e. The maximum absolute atomic E-state index is 12.3. The summed E-state index contributed by atoms with van der Waals surface area (Å²) < 4.78 is 0. The van der Waals surface area contributed by atoms with Gasteiger partial charge in [-0.25, -0.2) is 4.79 Å². The van der Waals surface area contributed by atoms with Crippen molar-refractivity contribution in [3.05, 3.63) is 29.8 Å². The number of unbranched alkanes of at least 4 members (excludes halogenated alkanes) is 1. The fraction of sp³-hybridized carbons (Fsp3) is 0.619.